The van der Waals surface area contributed by atoms with Crippen molar-refractivity contribution < 1.29 is 14.3 Å². The average Bonchev–Trinajstić information content (AvgIpc) is 3.28. The van der Waals surface area contributed by atoms with Crippen molar-refractivity contribution in [2.75, 3.05) is 39.9 Å². The van der Waals surface area contributed by atoms with Crippen LogP contribution in [-0.2, 0) is 16.0 Å². The number of nitrogens with zero attached hydrogens (tertiary/aromatic N) is 2. The summed E-state index contributed by atoms with van der Waals surface area (Å²) in [4.78, 5) is 17.8. The zero-order valence-corrected chi connectivity index (χ0v) is 17.1. The third-order valence-corrected chi connectivity index (χ3v) is 5.96. The topological polar surface area (TPSA) is 42.0 Å². The molecule has 2 aromatic carbocycles. The second-order valence-corrected chi connectivity index (χ2v) is 7.88. The second-order valence-electron chi connectivity index (χ2n) is 7.88. The Morgan fingerprint density at radius 2 is 1.76 bits per heavy atom. The van der Waals surface area contributed by atoms with E-state index in [4.69, 9.17) is 9.47 Å². The van der Waals surface area contributed by atoms with Crippen LogP contribution in [0.1, 0.15) is 30.0 Å². The Hall–Kier alpha value is -2.37. The highest BCUT2D eigenvalue weighted by molar-refractivity contribution is 5.79. The van der Waals surface area contributed by atoms with Gasteiger partial charge in [-0.15, -0.1) is 0 Å². The molecule has 2 aliphatic rings. The fraction of sp³-hybridized carbons (Fsp3) is 0.458. The third-order valence-electron chi connectivity index (χ3n) is 5.96. The van der Waals surface area contributed by atoms with Crippen molar-refractivity contribution >= 4 is 5.91 Å². The van der Waals surface area contributed by atoms with Crippen LogP contribution < -0.4 is 4.74 Å². The normalized spacial score (nSPS) is 22.6. The Morgan fingerprint density at radius 1 is 1.03 bits per heavy atom. The van der Waals surface area contributed by atoms with E-state index in [1.807, 2.05) is 47.4 Å². The molecule has 0 N–H and O–H groups in total. The maximum absolute atomic E-state index is 13.3. The Labute approximate surface area is 173 Å². The summed E-state index contributed by atoms with van der Waals surface area (Å²) in [7, 11) is 1.65. The number of likely N-dealkylation sites (tertiary alicyclic amines) is 1. The molecule has 2 atom stereocenters. The van der Waals surface area contributed by atoms with Gasteiger partial charge in [-0.1, -0.05) is 42.5 Å². The highest BCUT2D eigenvalue weighted by Crippen LogP contribution is 2.31. The molecule has 2 aromatic rings. The van der Waals surface area contributed by atoms with E-state index in [0.29, 0.717) is 19.6 Å². The fourth-order valence-electron chi connectivity index (χ4n) is 4.45. The lowest BCUT2D eigenvalue weighted by Crippen LogP contribution is -2.52. The van der Waals surface area contributed by atoms with Crippen LogP contribution in [0.5, 0.6) is 5.75 Å². The lowest BCUT2D eigenvalue weighted by molar-refractivity contribution is -0.147. The molecule has 2 aliphatic heterocycles. The number of methoxy groups -OCH3 is 1. The number of hydrogen-bond donors (Lipinski definition) is 0. The van der Waals surface area contributed by atoms with Gasteiger partial charge in [-0.2, -0.15) is 0 Å². The molecule has 2 heterocycles. The molecule has 154 valence electrons. The van der Waals surface area contributed by atoms with E-state index in [1.54, 1.807) is 7.11 Å². The van der Waals surface area contributed by atoms with Crippen molar-refractivity contribution in [3.8, 4) is 5.75 Å². The van der Waals surface area contributed by atoms with E-state index in [1.165, 1.54) is 12.8 Å². The van der Waals surface area contributed by atoms with E-state index >= 15 is 0 Å². The third kappa shape index (κ3) is 4.80. The lowest BCUT2D eigenvalue weighted by Gasteiger charge is -2.43. The van der Waals surface area contributed by atoms with Crippen LogP contribution in [0.25, 0.3) is 0 Å². The lowest BCUT2D eigenvalue weighted by atomic mass is 9.96. The summed E-state index contributed by atoms with van der Waals surface area (Å²) in [5.41, 5.74) is 2.16. The van der Waals surface area contributed by atoms with Gasteiger partial charge in [0.15, 0.2) is 0 Å². The quantitative estimate of drug-likeness (QED) is 0.754. The number of carbonyl (C=O) groups is 1. The summed E-state index contributed by atoms with van der Waals surface area (Å²) >= 11 is 0. The molecule has 5 nitrogen and oxygen atoms in total. The van der Waals surface area contributed by atoms with Gasteiger partial charge in [0, 0.05) is 13.1 Å². The van der Waals surface area contributed by atoms with E-state index < -0.39 is 0 Å². The molecule has 29 heavy (non-hydrogen) atoms. The van der Waals surface area contributed by atoms with Gasteiger partial charge in [-0.25, -0.2) is 0 Å². The average molecular weight is 395 g/mol. The minimum absolute atomic E-state index is 0.00377. The zero-order valence-electron chi connectivity index (χ0n) is 17.1. The van der Waals surface area contributed by atoms with E-state index in [2.05, 4.69) is 17.0 Å². The smallest absolute Gasteiger partial charge is 0.227 e. The molecule has 1 amide bonds. The maximum atomic E-state index is 13.3. The first-order valence-corrected chi connectivity index (χ1v) is 10.6. The monoisotopic (exact) mass is 394 g/mol. The standard InChI is InChI=1S/C24H30N2O3/c1-28-21-11-9-19(10-12-21)17-23(27)26-15-16-29-22(18-25-13-5-6-14-25)24(26)20-7-3-2-4-8-20/h2-4,7-12,22,24H,5-6,13-18H2,1H3/t22-,24-/m0/s1. The Morgan fingerprint density at radius 3 is 2.45 bits per heavy atom. The largest absolute Gasteiger partial charge is 0.497 e. The van der Waals surface area contributed by atoms with Crippen LogP contribution in [0.15, 0.2) is 54.6 Å². The number of morpholine rings is 1. The molecule has 2 fully saturated rings. The molecule has 5 heteroatoms. The van der Waals surface area contributed by atoms with Crippen molar-refractivity contribution in [1.82, 2.24) is 9.80 Å². The minimum atomic E-state index is -0.0451. The predicted octanol–water partition coefficient (Wildman–Crippen LogP) is 3.30. The fourth-order valence-corrected chi connectivity index (χ4v) is 4.45. The molecule has 4 rings (SSSR count). The molecule has 2 saturated heterocycles. The van der Waals surface area contributed by atoms with Crippen LogP contribution in [0, 0.1) is 0 Å². The minimum Gasteiger partial charge on any atom is -0.497 e. The Bertz CT molecular complexity index is 788. The number of rotatable bonds is 6. The number of hydrogen-bond acceptors (Lipinski definition) is 4. The van der Waals surface area contributed by atoms with Crippen LogP contribution >= 0.6 is 0 Å². The van der Waals surface area contributed by atoms with Crippen LogP contribution in [0.3, 0.4) is 0 Å². The van der Waals surface area contributed by atoms with Crippen LogP contribution in [-0.4, -0.2) is 61.7 Å². The molecule has 0 saturated carbocycles. The van der Waals surface area contributed by atoms with Gasteiger partial charge in [-0.05, 0) is 49.2 Å². The van der Waals surface area contributed by atoms with Crippen molar-refractivity contribution in [3.05, 3.63) is 65.7 Å². The first kappa shape index (κ1) is 19.9. The van der Waals surface area contributed by atoms with E-state index in [9.17, 15) is 4.79 Å². The number of benzene rings is 2. The van der Waals surface area contributed by atoms with Crippen molar-refractivity contribution in [1.29, 1.82) is 0 Å². The molecule has 0 bridgehead atoms. The molecular weight excluding hydrogens is 364 g/mol. The second kappa shape index (κ2) is 9.42. The summed E-state index contributed by atoms with van der Waals surface area (Å²) < 4.78 is 11.4. The molecular formula is C24H30N2O3. The highest BCUT2D eigenvalue weighted by atomic mass is 16.5. The molecule has 0 unspecified atom stereocenters. The Balaban J connectivity index is 1.54. The van der Waals surface area contributed by atoms with Crippen molar-refractivity contribution in [3.63, 3.8) is 0 Å². The van der Waals surface area contributed by atoms with E-state index in [-0.39, 0.29) is 18.1 Å². The summed E-state index contributed by atoms with van der Waals surface area (Å²) in [6, 6.07) is 18.1. The van der Waals surface area contributed by atoms with Crippen LogP contribution in [0.4, 0.5) is 0 Å². The number of ether oxygens (including phenoxy) is 2. The SMILES string of the molecule is COc1ccc(CC(=O)N2CCO[C@@H](CN3CCCC3)[C@@H]2c2ccccc2)cc1. The summed E-state index contributed by atoms with van der Waals surface area (Å²) in [6.07, 6.45) is 2.90. The summed E-state index contributed by atoms with van der Waals surface area (Å²) in [5, 5.41) is 0. The summed E-state index contributed by atoms with van der Waals surface area (Å²) in [6.45, 7) is 4.36. The number of carbonyl (C=O) groups excluding carboxylic acids is 1. The molecule has 0 radical (unpaired) electrons. The van der Waals surface area contributed by atoms with Crippen molar-refractivity contribution in [2.45, 2.75) is 31.4 Å². The van der Waals surface area contributed by atoms with Gasteiger partial charge in [0.2, 0.25) is 5.91 Å². The Kier molecular flexibility index (Phi) is 6.47. The summed E-state index contributed by atoms with van der Waals surface area (Å²) in [5.74, 6) is 0.958. The number of amides is 1. The molecule has 0 aromatic heterocycles. The maximum Gasteiger partial charge on any atom is 0.227 e. The van der Waals surface area contributed by atoms with Gasteiger partial charge in [-0.3, -0.25) is 4.79 Å². The molecule has 0 aliphatic carbocycles. The van der Waals surface area contributed by atoms with Gasteiger partial charge < -0.3 is 19.3 Å². The van der Waals surface area contributed by atoms with Crippen molar-refractivity contribution in [2.24, 2.45) is 0 Å². The first-order chi connectivity index (χ1) is 14.2. The van der Waals surface area contributed by atoms with Gasteiger partial charge in [0.1, 0.15) is 5.75 Å². The van der Waals surface area contributed by atoms with Gasteiger partial charge in [0.25, 0.3) is 0 Å². The van der Waals surface area contributed by atoms with Gasteiger partial charge in [0.05, 0.1) is 32.3 Å². The zero-order chi connectivity index (χ0) is 20.1. The van der Waals surface area contributed by atoms with Crippen LogP contribution in [0.2, 0.25) is 0 Å². The predicted molar refractivity (Wildman–Crippen MR) is 113 cm³/mol. The van der Waals surface area contributed by atoms with Gasteiger partial charge >= 0.3 is 0 Å². The highest BCUT2D eigenvalue weighted by Gasteiger charge is 2.37. The first-order valence-electron chi connectivity index (χ1n) is 10.6. The van der Waals surface area contributed by atoms with E-state index in [0.717, 1.165) is 36.5 Å². The molecule has 0 spiro atoms.